The molecule has 2 aromatic carbocycles. The van der Waals surface area contributed by atoms with E-state index in [9.17, 15) is 21.6 Å². The number of amides is 1. The van der Waals surface area contributed by atoms with Crippen molar-refractivity contribution in [3.05, 3.63) is 54.1 Å². The van der Waals surface area contributed by atoms with Gasteiger partial charge in [-0.1, -0.05) is 12.1 Å². The Morgan fingerprint density at radius 1 is 0.800 bits per heavy atom. The molecule has 0 heterocycles. The van der Waals surface area contributed by atoms with Crippen LogP contribution in [-0.2, 0) is 31.3 Å². The number of carbonyl (C=O) groups excluding carboxylic acids is 1. The van der Waals surface area contributed by atoms with Crippen LogP contribution in [0.2, 0.25) is 0 Å². The number of nitrogens with two attached hydrogens (primary N) is 2. The second-order valence-electron chi connectivity index (χ2n) is 5.31. The number of carbonyl (C=O) groups is 1. The number of benzene rings is 2. The van der Waals surface area contributed by atoms with Gasteiger partial charge in [-0.25, -0.2) is 27.1 Å². The predicted octanol–water partition coefficient (Wildman–Crippen LogP) is 0.553. The van der Waals surface area contributed by atoms with Gasteiger partial charge in [-0.3, -0.25) is 4.79 Å². The Balaban J connectivity index is 1.92. The Bertz CT molecular complexity index is 967. The lowest BCUT2D eigenvalue weighted by molar-refractivity contribution is -0.116. The molecule has 25 heavy (non-hydrogen) atoms. The second kappa shape index (κ2) is 7.31. The number of nitrogens with one attached hydrogen (secondary N) is 1. The number of hydrogen-bond acceptors (Lipinski definition) is 5. The van der Waals surface area contributed by atoms with Gasteiger partial charge in [0, 0.05) is 12.1 Å². The van der Waals surface area contributed by atoms with Gasteiger partial charge in [0.05, 0.1) is 9.79 Å². The molecule has 0 spiro atoms. The predicted molar refractivity (Wildman–Crippen MR) is 92.6 cm³/mol. The van der Waals surface area contributed by atoms with Crippen LogP contribution in [-0.4, -0.2) is 22.7 Å². The molecule has 0 aliphatic heterocycles. The zero-order valence-corrected chi connectivity index (χ0v) is 14.7. The van der Waals surface area contributed by atoms with Crippen molar-refractivity contribution in [1.29, 1.82) is 0 Å². The van der Waals surface area contributed by atoms with E-state index in [1.165, 1.54) is 36.4 Å². The molecule has 0 saturated heterocycles. The van der Waals surface area contributed by atoms with Crippen LogP contribution in [0.4, 0.5) is 5.69 Å². The number of hydrogen-bond donors (Lipinski definition) is 3. The summed E-state index contributed by atoms with van der Waals surface area (Å²) >= 11 is 0. The first-order valence-electron chi connectivity index (χ1n) is 7.10. The van der Waals surface area contributed by atoms with E-state index in [0.717, 1.165) is 5.56 Å². The van der Waals surface area contributed by atoms with Gasteiger partial charge in [-0.15, -0.1) is 0 Å². The molecule has 1 amide bonds. The third kappa shape index (κ3) is 5.64. The number of rotatable bonds is 6. The van der Waals surface area contributed by atoms with E-state index in [2.05, 4.69) is 5.32 Å². The molecule has 5 N–H and O–H groups in total. The summed E-state index contributed by atoms with van der Waals surface area (Å²) < 4.78 is 44.6. The molecule has 0 atom stereocenters. The van der Waals surface area contributed by atoms with Gasteiger partial charge in [-0.05, 0) is 48.4 Å². The Hall–Kier alpha value is -2.27. The molecule has 134 valence electrons. The molecule has 0 fully saturated rings. The van der Waals surface area contributed by atoms with Crippen LogP contribution >= 0.6 is 0 Å². The molecule has 0 radical (unpaired) electrons. The lowest BCUT2D eigenvalue weighted by Crippen LogP contribution is -2.14. The van der Waals surface area contributed by atoms with E-state index in [1.807, 2.05) is 0 Å². The lowest BCUT2D eigenvalue weighted by atomic mass is 10.1. The van der Waals surface area contributed by atoms with Crippen molar-refractivity contribution in [3.63, 3.8) is 0 Å². The largest absolute Gasteiger partial charge is 0.326 e. The Labute approximate surface area is 145 Å². The third-order valence-corrected chi connectivity index (χ3v) is 5.22. The highest BCUT2D eigenvalue weighted by atomic mass is 32.2. The third-order valence-electron chi connectivity index (χ3n) is 3.36. The minimum absolute atomic E-state index is 0.00986. The average Bonchev–Trinajstić information content (AvgIpc) is 2.52. The van der Waals surface area contributed by atoms with Gasteiger partial charge in [0.2, 0.25) is 26.0 Å². The highest BCUT2D eigenvalue weighted by molar-refractivity contribution is 7.89. The van der Waals surface area contributed by atoms with E-state index in [4.69, 9.17) is 10.3 Å². The van der Waals surface area contributed by atoms with Gasteiger partial charge in [0.1, 0.15) is 0 Å². The minimum atomic E-state index is -3.77. The first-order chi connectivity index (χ1) is 11.6. The van der Waals surface area contributed by atoms with Gasteiger partial charge >= 0.3 is 0 Å². The molecule has 0 aliphatic carbocycles. The molecule has 0 aliphatic rings. The molecule has 0 aromatic heterocycles. The van der Waals surface area contributed by atoms with E-state index in [0.29, 0.717) is 12.1 Å². The first kappa shape index (κ1) is 19.1. The summed E-state index contributed by atoms with van der Waals surface area (Å²) in [5.41, 5.74) is 1.23. The topological polar surface area (TPSA) is 149 Å². The molecule has 2 aromatic rings. The number of aryl methyl sites for hydroxylation is 1. The molecular weight excluding hydrogens is 366 g/mol. The fourth-order valence-corrected chi connectivity index (χ4v) is 3.09. The van der Waals surface area contributed by atoms with Crippen LogP contribution in [0.5, 0.6) is 0 Å². The van der Waals surface area contributed by atoms with Crippen LogP contribution in [0, 0.1) is 0 Å². The maximum absolute atomic E-state index is 11.9. The van der Waals surface area contributed by atoms with Crippen molar-refractivity contribution in [2.24, 2.45) is 10.3 Å². The van der Waals surface area contributed by atoms with E-state index < -0.39 is 20.0 Å². The van der Waals surface area contributed by atoms with Crippen molar-refractivity contribution in [2.75, 3.05) is 5.32 Å². The standard InChI is InChI=1S/C15H17N3O5S2/c16-24(20,21)13-6-1-11(2-7-13)3-10-15(19)18-12-4-8-14(9-5-12)25(17,22)23/h1-2,4-9H,3,10H2,(H,18,19)(H2,16,20,21)(H2,17,22,23). The molecule has 0 unspecified atom stereocenters. The molecule has 2 rings (SSSR count). The van der Waals surface area contributed by atoms with Crippen LogP contribution in [0.25, 0.3) is 0 Å². The van der Waals surface area contributed by atoms with Crippen LogP contribution in [0.15, 0.2) is 58.3 Å². The van der Waals surface area contributed by atoms with E-state index in [1.54, 1.807) is 12.1 Å². The Kier molecular flexibility index (Phi) is 5.58. The first-order valence-corrected chi connectivity index (χ1v) is 10.2. The summed E-state index contributed by atoms with van der Waals surface area (Å²) in [5, 5.41) is 12.6. The zero-order chi connectivity index (χ0) is 18.7. The summed E-state index contributed by atoms with van der Waals surface area (Å²) in [6.45, 7) is 0. The second-order valence-corrected chi connectivity index (χ2v) is 8.43. The van der Waals surface area contributed by atoms with Gasteiger partial charge in [0.25, 0.3) is 0 Å². The monoisotopic (exact) mass is 383 g/mol. The molecule has 0 saturated carbocycles. The summed E-state index contributed by atoms with van der Waals surface area (Å²) in [7, 11) is -7.51. The fraction of sp³-hybridized carbons (Fsp3) is 0.133. The lowest BCUT2D eigenvalue weighted by Gasteiger charge is -2.07. The van der Waals surface area contributed by atoms with E-state index in [-0.39, 0.29) is 22.1 Å². The minimum Gasteiger partial charge on any atom is -0.326 e. The molecule has 10 heteroatoms. The maximum Gasteiger partial charge on any atom is 0.238 e. The number of sulfonamides is 2. The molecule has 8 nitrogen and oxygen atoms in total. The molecular formula is C15H17N3O5S2. The summed E-state index contributed by atoms with van der Waals surface area (Å²) in [6, 6.07) is 11.4. The van der Waals surface area contributed by atoms with Crippen molar-refractivity contribution in [3.8, 4) is 0 Å². The average molecular weight is 383 g/mol. The van der Waals surface area contributed by atoms with Gasteiger partial charge in [-0.2, -0.15) is 0 Å². The Morgan fingerprint density at radius 3 is 1.68 bits per heavy atom. The maximum atomic E-state index is 11.9. The highest BCUT2D eigenvalue weighted by Gasteiger charge is 2.09. The fourth-order valence-electron chi connectivity index (χ4n) is 2.06. The van der Waals surface area contributed by atoms with Crippen LogP contribution in [0.3, 0.4) is 0 Å². The highest BCUT2D eigenvalue weighted by Crippen LogP contribution is 2.14. The SMILES string of the molecule is NS(=O)(=O)c1ccc(CCC(=O)Nc2ccc(S(N)(=O)=O)cc2)cc1. The van der Waals surface area contributed by atoms with Crippen molar-refractivity contribution < 1.29 is 21.6 Å². The van der Waals surface area contributed by atoms with Gasteiger partial charge in [0.15, 0.2) is 0 Å². The quantitative estimate of drug-likeness (QED) is 0.666. The summed E-state index contributed by atoms with van der Waals surface area (Å²) in [6.07, 6.45) is 0.581. The van der Waals surface area contributed by atoms with Crippen molar-refractivity contribution >= 4 is 31.6 Å². The summed E-state index contributed by atoms with van der Waals surface area (Å²) in [5.74, 6) is -0.265. The van der Waals surface area contributed by atoms with Crippen molar-refractivity contribution in [2.45, 2.75) is 22.6 Å². The van der Waals surface area contributed by atoms with Crippen LogP contribution in [0.1, 0.15) is 12.0 Å². The zero-order valence-electron chi connectivity index (χ0n) is 13.0. The Morgan fingerprint density at radius 2 is 1.24 bits per heavy atom. The molecule has 0 bridgehead atoms. The normalized spacial score (nSPS) is 11.9. The van der Waals surface area contributed by atoms with Gasteiger partial charge < -0.3 is 5.32 Å². The number of primary sulfonamides is 2. The summed E-state index contributed by atoms with van der Waals surface area (Å²) in [4.78, 5) is 11.9. The van der Waals surface area contributed by atoms with E-state index >= 15 is 0 Å². The number of anilines is 1. The van der Waals surface area contributed by atoms with Crippen molar-refractivity contribution in [1.82, 2.24) is 0 Å². The smallest absolute Gasteiger partial charge is 0.238 e. The van der Waals surface area contributed by atoms with Crippen LogP contribution < -0.4 is 15.6 Å².